The van der Waals surface area contributed by atoms with Crippen LogP contribution in [0.2, 0.25) is 0 Å². The van der Waals surface area contributed by atoms with Gasteiger partial charge in [-0.05, 0) is 38.1 Å². The van der Waals surface area contributed by atoms with E-state index < -0.39 is 0 Å². The first kappa shape index (κ1) is 20.3. The molecule has 0 spiro atoms. The van der Waals surface area contributed by atoms with Crippen molar-refractivity contribution in [2.45, 2.75) is 26.4 Å². The highest BCUT2D eigenvalue weighted by molar-refractivity contribution is 8.14. The molecule has 2 rings (SSSR count). The summed E-state index contributed by atoms with van der Waals surface area (Å²) >= 11 is 1.00. The highest BCUT2D eigenvalue weighted by Gasteiger charge is 2.29. The topological polar surface area (TPSA) is 80.2 Å². The van der Waals surface area contributed by atoms with Gasteiger partial charge < -0.3 is 15.0 Å². The molecule has 1 saturated heterocycles. The molecule has 0 aromatic heterocycles. The van der Waals surface area contributed by atoms with Crippen LogP contribution in [0.15, 0.2) is 24.3 Å². The number of amides is 3. The van der Waals surface area contributed by atoms with Crippen LogP contribution < -0.4 is 15.0 Å². The number of nitrogens with one attached hydrogen (secondary N) is 2. The Hall–Kier alpha value is -2.06. The number of hydrogen-bond acceptors (Lipinski definition) is 5. The Morgan fingerprint density at radius 2 is 2.04 bits per heavy atom. The summed E-state index contributed by atoms with van der Waals surface area (Å²) < 4.78 is 5.43. The first-order valence-corrected chi connectivity index (χ1v) is 9.69. The predicted molar refractivity (Wildman–Crippen MR) is 100 cm³/mol. The maximum Gasteiger partial charge on any atom is 0.288 e. The summed E-state index contributed by atoms with van der Waals surface area (Å²) in [4.78, 5) is 37.6. The van der Waals surface area contributed by atoms with E-state index in [1.165, 1.54) is 4.90 Å². The van der Waals surface area contributed by atoms with Gasteiger partial charge in [-0.25, -0.2) is 0 Å². The fourth-order valence-electron chi connectivity index (χ4n) is 2.61. The molecule has 1 heterocycles. The van der Waals surface area contributed by atoms with E-state index in [2.05, 4.69) is 5.32 Å². The Labute approximate surface area is 158 Å². The van der Waals surface area contributed by atoms with E-state index >= 15 is 0 Å². The van der Waals surface area contributed by atoms with Crippen LogP contribution in [0.25, 0.3) is 0 Å². The molecule has 7 nitrogen and oxygen atoms in total. The standard InChI is InChI=1S/C18H25N3O4S/c1-4-25-15-7-5-14(6-8-15)11-20(3)13(2)17(23)19-9-10-21-16(22)12-26-18(21)24/h5-8,13H,4,9-12H2,1-3H3,(H,19,23)/p+1/t13-/m1/s1. The van der Waals surface area contributed by atoms with Crippen molar-refractivity contribution in [1.82, 2.24) is 10.2 Å². The molecule has 1 aliphatic rings. The van der Waals surface area contributed by atoms with Crippen LogP contribution in [-0.2, 0) is 16.1 Å². The molecular formula is C18H26N3O4S+. The van der Waals surface area contributed by atoms with Crippen LogP contribution in [0.5, 0.6) is 5.75 Å². The number of thioether (sulfide) groups is 1. The second-order valence-corrected chi connectivity index (χ2v) is 7.14. The van der Waals surface area contributed by atoms with Crippen molar-refractivity contribution in [1.29, 1.82) is 0 Å². The number of benzene rings is 1. The maximum absolute atomic E-state index is 12.3. The van der Waals surface area contributed by atoms with Gasteiger partial charge in [-0.1, -0.05) is 11.8 Å². The molecule has 3 amide bonds. The third-order valence-electron chi connectivity index (χ3n) is 4.33. The Morgan fingerprint density at radius 3 is 2.62 bits per heavy atom. The lowest BCUT2D eigenvalue weighted by molar-refractivity contribution is -0.908. The summed E-state index contributed by atoms with van der Waals surface area (Å²) in [5.41, 5.74) is 1.12. The minimum absolute atomic E-state index is 0.0971. The van der Waals surface area contributed by atoms with E-state index in [0.29, 0.717) is 13.2 Å². The largest absolute Gasteiger partial charge is 0.494 e. The minimum atomic E-state index is -0.249. The molecule has 0 saturated carbocycles. The van der Waals surface area contributed by atoms with Gasteiger partial charge in [0.1, 0.15) is 12.3 Å². The molecule has 2 N–H and O–H groups in total. The lowest BCUT2D eigenvalue weighted by Crippen LogP contribution is -3.12. The van der Waals surface area contributed by atoms with Crippen molar-refractivity contribution in [3.63, 3.8) is 0 Å². The van der Waals surface area contributed by atoms with Crippen LogP contribution in [-0.4, -0.2) is 60.5 Å². The average molecular weight is 380 g/mol. The highest BCUT2D eigenvalue weighted by atomic mass is 32.2. The van der Waals surface area contributed by atoms with Crippen molar-refractivity contribution in [3.05, 3.63) is 29.8 Å². The van der Waals surface area contributed by atoms with Gasteiger partial charge in [0.2, 0.25) is 5.91 Å². The quantitative estimate of drug-likeness (QED) is 0.644. The third-order valence-corrected chi connectivity index (χ3v) is 5.18. The SMILES string of the molecule is CCOc1ccc(C[NH+](C)[C@H](C)C(=O)NCCN2C(=O)CSC2=O)cc1. The molecular weight excluding hydrogens is 354 g/mol. The molecule has 1 aliphatic heterocycles. The van der Waals surface area contributed by atoms with Crippen molar-refractivity contribution in [2.75, 3.05) is 32.5 Å². The van der Waals surface area contributed by atoms with E-state index in [9.17, 15) is 14.4 Å². The second kappa shape index (κ2) is 9.59. The number of carbonyl (C=O) groups is 3. The zero-order chi connectivity index (χ0) is 19.1. The normalized spacial score (nSPS) is 16.5. The lowest BCUT2D eigenvalue weighted by Gasteiger charge is -2.22. The predicted octanol–water partition coefficient (Wildman–Crippen LogP) is 0.300. The first-order valence-electron chi connectivity index (χ1n) is 8.71. The Kier molecular flexibility index (Phi) is 7.47. The molecule has 26 heavy (non-hydrogen) atoms. The number of quaternary nitrogens is 1. The highest BCUT2D eigenvalue weighted by Crippen LogP contribution is 2.17. The zero-order valence-corrected chi connectivity index (χ0v) is 16.2. The van der Waals surface area contributed by atoms with E-state index in [1.807, 2.05) is 45.2 Å². The van der Waals surface area contributed by atoms with Gasteiger partial charge in [0.05, 0.1) is 19.4 Å². The van der Waals surface area contributed by atoms with E-state index in [0.717, 1.165) is 28.0 Å². The molecule has 1 aromatic rings. The summed E-state index contributed by atoms with van der Waals surface area (Å²) in [7, 11) is 1.96. The summed E-state index contributed by atoms with van der Waals surface area (Å²) in [5.74, 6) is 0.739. The van der Waals surface area contributed by atoms with Crippen molar-refractivity contribution < 1.29 is 24.0 Å². The van der Waals surface area contributed by atoms with E-state index in [-0.39, 0.29) is 41.9 Å². The van der Waals surface area contributed by atoms with Gasteiger partial charge in [-0.15, -0.1) is 0 Å². The third kappa shape index (κ3) is 5.47. The number of imide groups is 1. The van der Waals surface area contributed by atoms with Gasteiger partial charge in [-0.3, -0.25) is 19.3 Å². The first-order chi connectivity index (χ1) is 12.4. The smallest absolute Gasteiger partial charge is 0.288 e. The fourth-order valence-corrected chi connectivity index (χ4v) is 3.36. The number of rotatable bonds is 9. The minimum Gasteiger partial charge on any atom is -0.494 e. The zero-order valence-electron chi connectivity index (χ0n) is 15.4. The number of hydrogen-bond donors (Lipinski definition) is 2. The van der Waals surface area contributed by atoms with Crippen LogP contribution in [0, 0.1) is 0 Å². The van der Waals surface area contributed by atoms with Crippen LogP contribution in [0.1, 0.15) is 19.4 Å². The number of nitrogens with zero attached hydrogens (tertiary/aromatic N) is 1. The fraction of sp³-hybridized carbons (Fsp3) is 0.500. The summed E-state index contributed by atoms with van der Waals surface area (Å²) in [6, 6.07) is 7.61. The average Bonchev–Trinajstić information content (AvgIpc) is 2.94. The monoisotopic (exact) mass is 380 g/mol. The molecule has 0 radical (unpaired) electrons. The number of carbonyl (C=O) groups excluding carboxylic acids is 3. The van der Waals surface area contributed by atoms with Gasteiger partial charge in [0, 0.05) is 18.7 Å². The second-order valence-electron chi connectivity index (χ2n) is 6.21. The van der Waals surface area contributed by atoms with Crippen molar-refractivity contribution in [3.8, 4) is 5.75 Å². The van der Waals surface area contributed by atoms with Crippen molar-refractivity contribution in [2.24, 2.45) is 0 Å². The molecule has 0 aliphatic carbocycles. The summed E-state index contributed by atoms with van der Waals surface area (Å²) in [6.07, 6.45) is 0. The number of ether oxygens (including phenoxy) is 1. The molecule has 1 fully saturated rings. The summed E-state index contributed by atoms with van der Waals surface area (Å²) in [6.45, 7) is 5.65. The van der Waals surface area contributed by atoms with Crippen molar-refractivity contribution >= 4 is 28.8 Å². The van der Waals surface area contributed by atoms with Gasteiger partial charge in [0.25, 0.3) is 11.1 Å². The molecule has 2 atom stereocenters. The van der Waals surface area contributed by atoms with Crippen LogP contribution in [0.3, 0.4) is 0 Å². The number of likely N-dealkylation sites (N-methyl/N-ethyl adjacent to an activating group) is 1. The maximum atomic E-state index is 12.3. The van der Waals surface area contributed by atoms with Gasteiger partial charge >= 0.3 is 0 Å². The molecule has 0 bridgehead atoms. The van der Waals surface area contributed by atoms with Crippen LogP contribution >= 0.6 is 11.8 Å². The Morgan fingerprint density at radius 1 is 1.35 bits per heavy atom. The van der Waals surface area contributed by atoms with Gasteiger partial charge in [0.15, 0.2) is 6.04 Å². The van der Waals surface area contributed by atoms with Gasteiger partial charge in [-0.2, -0.15) is 0 Å². The molecule has 1 aromatic carbocycles. The van der Waals surface area contributed by atoms with E-state index in [1.54, 1.807) is 0 Å². The molecule has 1 unspecified atom stereocenters. The Balaban J connectivity index is 1.77. The lowest BCUT2D eigenvalue weighted by atomic mass is 10.2. The molecule has 142 valence electrons. The van der Waals surface area contributed by atoms with Crippen LogP contribution in [0.4, 0.5) is 4.79 Å². The van der Waals surface area contributed by atoms with E-state index in [4.69, 9.17) is 4.74 Å². The Bertz CT molecular complexity index is 634. The molecule has 8 heteroatoms. The summed E-state index contributed by atoms with van der Waals surface area (Å²) in [5, 5.41) is 2.57.